The largest absolute Gasteiger partial charge is 0.508 e. The first kappa shape index (κ1) is 12.6. The minimum Gasteiger partial charge on any atom is -0.508 e. The van der Waals surface area contributed by atoms with E-state index in [0.717, 1.165) is 0 Å². The van der Waals surface area contributed by atoms with E-state index in [9.17, 15) is 4.79 Å². The van der Waals surface area contributed by atoms with Gasteiger partial charge in [-0.25, -0.2) is 0 Å². The number of phenols is 1. The van der Waals surface area contributed by atoms with Gasteiger partial charge in [-0.3, -0.25) is 4.79 Å². The van der Waals surface area contributed by atoms with Crippen LogP contribution in [-0.4, -0.2) is 29.8 Å². The van der Waals surface area contributed by atoms with Crippen LogP contribution in [0.3, 0.4) is 0 Å². The van der Waals surface area contributed by atoms with Crippen LogP contribution in [0.25, 0.3) is 0 Å². The van der Waals surface area contributed by atoms with Gasteiger partial charge in [0.1, 0.15) is 5.75 Å². The van der Waals surface area contributed by atoms with Crippen molar-refractivity contribution in [2.75, 3.05) is 0 Å². The van der Waals surface area contributed by atoms with E-state index in [1.54, 1.807) is 24.3 Å². The molecule has 2 nitrogen and oxygen atoms in total. The van der Waals surface area contributed by atoms with E-state index in [1.165, 1.54) is 12.1 Å². The molecule has 2 aromatic carbocycles. The first-order valence-electron chi connectivity index (χ1n) is 4.66. The van der Waals surface area contributed by atoms with Gasteiger partial charge in [-0.1, -0.05) is 30.3 Å². The summed E-state index contributed by atoms with van der Waals surface area (Å²) in [5.41, 5.74) is 1.24. The molecular formula is C13H10LiO2. The SMILES string of the molecule is O=C(c1ccccc1)c1ccc(O)cc1.[Li]. The van der Waals surface area contributed by atoms with Crippen LogP contribution in [0.5, 0.6) is 5.75 Å². The quantitative estimate of drug-likeness (QED) is 0.603. The summed E-state index contributed by atoms with van der Waals surface area (Å²) >= 11 is 0. The first-order chi connectivity index (χ1) is 7.27. The average molecular weight is 205 g/mol. The molecule has 0 spiro atoms. The Hall–Kier alpha value is -1.49. The maximum atomic E-state index is 11.9. The fourth-order valence-corrected chi connectivity index (χ4v) is 1.37. The zero-order chi connectivity index (χ0) is 10.7. The van der Waals surface area contributed by atoms with Crippen molar-refractivity contribution in [3.8, 4) is 5.75 Å². The van der Waals surface area contributed by atoms with Crippen LogP contribution in [0.2, 0.25) is 0 Å². The molecule has 16 heavy (non-hydrogen) atoms. The van der Waals surface area contributed by atoms with E-state index < -0.39 is 0 Å². The average Bonchev–Trinajstić information content (AvgIpc) is 2.30. The Kier molecular flexibility index (Phi) is 4.36. The molecule has 2 rings (SSSR count). The van der Waals surface area contributed by atoms with Gasteiger partial charge in [0.15, 0.2) is 5.78 Å². The van der Waals surface area contributed by atoms with Crippen molar-refractivity contribution in [2.24, 2.45) is 0 Å². The fourth-order valence-electron chi connectivity index (χ4n) is 1.37. The molecule has 0 amide bonds. The second kappa shape index (κ2) is 5.55. The molecule has 0 fully saturated rings. The van der Waals surface area contributed by atoms with Gasteiger partial charge in [0.05, 0.1) is 0 Å². The Bertz CT molecular complexity index is 463. The monoisotopic (exact) mass is 205 g/mol. The van der Waals surface area contributed by atoms with Crippen LogP contribution in [0.4, 0.5) is 0 Å². The summed E-state index contributed by atoms with van der Waals surface area (Å²) in [7, 11) is 0. The third-order valence-corrected chi connectivity index (χ3v) is 2.17. The summed E-state index contributed by atoms with van der Waals surface area (Å²) in [6.07, 6.45) is 0. The van der Waals surface area contributed by atoms with E-state index in [-0.39, 0.29) is 30.4 Å². The van der Waals surface area contributed by atoms with E-state index in [4.69, 9.17) is 5.11 Å². The minimum atomic E-state index is -0.0319. The van der Waals surface area contributed by atoms with Gasteiger partial charge in [0, 0.05) is 30.0 Å². The standard InChI is InChI=1S/C13H10O2.Li/c14-12-8-6-11(7-9-12)13(15)10-4-2-1-3-5-10;/h1-9,14H;. The van der Waals surface area contributed by atoms with E-state index in [1.807, 2.05) is 18.2 Å². The Labute approximate surface area is 106 Å². The Morgan fingerprint density at radius 3 is 1.88 bits per heavy atom. The van der Waals surface area contributed by atoms with Crippen molar-refractivity contribution in [3.05, 3.63) is 65.7 Å². The number of hydrogen-bond donors (Lipinski definition) is 1. The summed E-state index contributed by atoms with van der Waals surface area (Å²) in [6.45, 7) is 0. The van der Waals surface area contributed by atoms with Crippen molar-refractivity contribution < 1.29 is 9.90 Å². The maximum absolute atomic E-state index is 11.9. The Morgan fingerprint density at radius 2 is 1.31 bits per heavy atom. The summed E-state index contributed by atoms with van der Waals surface area (Å²) < 4.78 is 0. The molecule has 0 saturated heterocycles. The van der Waals surface area contributed by atoms with Gasteiger partial charge in [-0.2, -0.15) is 0 Å². The summed E-state index contributed by atoms with van der Waals surface area (Å²) in [6, 6.07) is 15.3. The van der Waals surface area contributed by atoms with Crippen molar-refractivity contribution >= 4 is 24.6 Å². The molecule has 0 unspecified atom stereocenters. The van der Waals surface area contributed by atoms with Crippen LogP contribution in [0, 0.1) is 0 Å². The van der Waals surface area contributed by atoms with E-state index in [2.05, 4.69) is 0 Å². The van der Waals surface area contributed by atoms with Gasteiger partial charge in [0.25, 0.3) is 0 Å². The van der Waals surface area contributed by atoms with Crippen LogP contribution in [0.15, 0.2) is 54.6 Å². The molecule has 0 saturated carbocycles. The number of hydrogen-bond acceptors (Lipinski definition) is 2. The molecule has 1 radical (unpaired) electrons. The molecule has 0 atom stereocenters. The van der Waals surface area contributed by atoms with Crippen molar-refractivity contribution in [2.45, 2.75) is 0 Å². The van der Waals surface area contributed by atoms with Crippen LogP contribution >= 0.6 is 0 Å². The number of rotatable bonds is 2. The molecular weight excluding hydrogens is 195 g/mol. The normalized spacial score (nSPS) is 9.25. The molecule has 1 N–H and O–H groups in total. The molecule has 0 aliphatic rings. The number of aromatic hydroxyl groups is 1. The second-order valence-electron chi connectivity index (χ2n) is 3.24. The minimum absolute atomic E-state index is 0. The molecule has 3 heteroatoms. The molecule has 0 aromatic heterocycles. The van der Waals surface area contributed by atoms with Crippen LogP contribution in [0.1, 0.15) is 15.9 Å². The smallest absolute Gasteiger partial charge is 0.193 e. The predicted octanol–water partition coefficient (Wildman–Crippen LogP) is 2.24. The van der Waals surface area contributed by atoms with Crippen molar-refractivity contribution in [3.63, 3.8) is 0 Å². The summed E-state index contributed by atoms with van der Waals surface area (Å²) in [5, 5.41) is 9.10. The Morgan fingerprint density at radius 1 is 0.812 bits per heavy atom. The van der Waals surface area contributed by atoms with Gasteiger partial charge in [-0.15, -0.1) is 0 Å². The predicted molar refractivity (Wildman–Crippen MR) is 63.7 cm³/mol. The van der Waals surface area contributed by atoms with Gasteiger partial charge < -0.3 is 5.11 Å². The summed E-state index contributed by atoms with van der Waals surface area (Å²) in [5.74, 6) is 0.134. The molecule has 0 aliphatic carbocycles. The first-order valence-corrected chi connectivity index (χ1v) is 4.66. The zero-order valence-electron chi connectivity index (χ0n) is 9.05. The van der Waals surface area contributed by atoms with Gasteiger partial charge in [0.2, 0.25) is 0 Å². The molecule has 2 aromatic rings. The maximum Gasteiger partial charge on any atom is 0.193 e. The fraction of sp³-hybridized carbons (Fsp3) is 0. The zero-order valence-corrected chi connectivity index (χ0v) is 9.05. The van der Waals surface area contributed by atoms with Crippen molar-refractivity contribution in [1.29, 1.82) is 0 Å². The Balaban J connectivity index is 0.00000128. The number of carbonyl (C=O) groups is 1. The van der Waals surface area contributed by atoms with Crippen LogP contribution < -0.4 is 0 Å². The second-order valence-corrected chi connectivity index (χ2v) is 3.24. The number of benzene rings is 2. The molecule has 0 aliphatic heterocycles. The van der Waals surface area contributed by atoms with Crippen molar-refractivity contribution in [1.82, 2.24) is 0 Å². The van der Waals surface area contributed by atoms with E-state index in [0.29, 0.717) is 11.1 Å². The summed E-state index contributed by atoms with van der Waals surface area (Å²) in [4.78, 5) is 11.9. The van der Waals surface area contributed by atoms with Gasteiger partial charge >= 0.3 is 0 Å². The van der Waals surface area contributed by atoms with E-state index >= 15 is 0 Å². The molecule has 75 valence electrons. The third kappa shape index (κ3) is 2.76. The number of phenolic OH excluding ortho intramolecular Hbond substituents is 1. The number of ketones is 1. The number of carbonyl (C=O) groups excluding carboxylic acids is 1. The topological polar surface area (TPSA) is 37.3 Å². The third-order valence-electron chi connectivity index (χ3n) is 2.17. The molecule has 0 bridgehead atoms. The van der Waals surface area contributed by atoms with Crippen LogP contribution in [-0.2, 0) is 0 Å². The molecule has 0 heterocycles. The van der Waals surface area contributed by atoms with Gasteiger partial charge in [-0.05, 0) is 24.3 Å².